The molecule has 0 amide bonds. The molecule has 0 atom stereocenters. The standard InChI is InChI=1S/C63H71BN2/c1-59(2,3)45-17-21-49(22-18-45)65-54-24-20-47(61(7,8)9)31-52(54)64-51-28-43-37-62(10,11)38-44(43)29-55(51)66(53-23-19-46(60(4,5)6)30-50(53)42-15-13-12-14-16-42)57-33-48(32-56(65)58(57)64)63-34-39-25-40(35-63)27-41(26-39)36-63/h12-24,28-33,39-41H,25-27,34-38H2,1-11H3. The molecule has 336 valence electrons. The van der Waals surface area contributed by atoms with Gasteiger partial charge in [-0.2, -0.15) is 0 Å². The first-order chi connectivity index (χ1) is 31.2. The van der Waals surface area contributed by atoms with E-state index in [1.807, 2.05) is 0 Å². The van der Waals surface area contributed by atoms with Gasteiger partial charge in [-0.25, -0.2) is 0 Å². The molecular formula is C63H71BN2. The fourth-order valence-corrected chi connectivity index (χ4v) is 14.5. The van der Waals surface area contributed by atoms with Crippen LogP contribution in [0.1, 0.15) is 148 Å². The second kappa shape index (κ2) is 14.3. The van der Waals surface area contributed by atoms with E-state index in [9.17, 15) is 0 Å². The summed E-state index contributed by atoms with van der Waals surface area (Å²) >= 11 is 0. The Labute approximate surface area is 397 Å². The van der Waals surface area contributed by atoms with Crippen molar-refractivity contribution >= 4 is 57.2 Å². The van der Waals surface area contributed by atoms with Crippen LogP contribution in [-0.2, 0) is 34.5 Å². The minimum absolute atomic E-state index is 0.00453. The largest absolute Gasteiger partial charge is 0.311 e. The zero-order valence-corrected chi connectivity index (χ0v) is 41.8. The Morgan fingerprint density at radius 1 is 0.485 bits per heavy atom. The molecule has 4 saturated carbocycles. The fourth-order valence-electron chi connectivity index (χ4n) is 14.5. The predicted molar refractivity (Wildman–Crippen MR) is 283 cm³/mol. The second-order valence-corrected chi connectivity index (χ2v) is 26.1. The van der Waals surface area contributed by atoms with Gasteiger partial charge in [0.25, 0.3) is 6.71 Å². The highest BCUT2D eigenvalue weighted by atomic mass is 15.2. The van der Waals surface area contributed by atoms with Crippen LogP contribution in [0.25, 0.3) is 11.1 Å². The summed E-state index contributed by atoms with van der Waals surface area (Å²) in [5, 5.41) is 0. The van der Waals surface area contributed by atoms with Crippen LogP contribution in [-0.4, -0.2) is 6.71 Å². The van der Waals surface area contributed by atoms with Gasteiger partial charge in [0.15, 0.2) is 0 Å². The lowest BCUT2D eigenvalue weighted by atomic mass is 9.33. The third-order valence-corrected chi connectivity index (χ3v) is 17.4. The van der Waals surface area contributed by atoms with E-state index >= 15 is 0 Å². The van der Waals surface area contributed by atoms with Crippen molar-refractivity contribution in [1.29, 1.82) is 0 Å². The molecule has 3 heteroatoms. The molecule has 0 N–H and O–H groups in total. The van der Waals surface area contributed by atoms with Crippen molar-refractivity contribution in [3.8, 4) is 11.1 Å². The van der Waals surface area contributed by atoms with E-state index in [0.717, 1.165) is 30.6 Å². The molecule has 6 aromatic carbocycles. The molecule has 2 nitrogen and oxygen atoms in total. The van der Waals surface area contributed by atoms with E-state index in [0.29, 0.717) is 0 Å². The number of rotatable bonds is 4. The van der Waals surface area contributed by atoms with Crippen LogP contribution in [0.2, 0.25) is 0 Å². The highest BCUT2D eigenvalue weighted by molar-refractivity contribution is 7.00. The average molecular weight is 867 g/mol. The van der Waals surface area contributed by atoms with Gasteiger partial charge in [0.1, 0.15) is 0 Å². The molecule has 5 aliphatic carbocycles. The molecule has 6 aromatic rings. The molecule has 66 heavy (non-hydrogen) atoms. The Balaban J connectivity index is 1.21. The van der Waals surface area contributed by atoms with Crippen molar-refractivity contribution in [1.82, 2.24) is 0 Å². The monoisotopic (exact) mass is 867 g/mol. The second-order valence-electron chi connectivity index (χ2n) is 26.1. The highest BCUT2D eigenvalue weighted by Gasteiger charge is 2.53. The number of benzene rings is 6. The van der Waals surface area contributed by atoms with Gasteiger partial charge in [-0.3, -0.25) is 0 Å². The van der Waals surface area contributed by atoms with Crippen LogP contribution in [0.15, 0.2) is 115 Å². The van der Waals surface area contributed by atoms with E-state index in [4.69, 9.17) is 0 Å². The van der Waals surface area contributed by atoms with Crippen LogP contribution in [0.4, 0.5) is 34.1 Å². The normalized spacial score (nSPS) is 23.4. The van der Waals surface area contributed by atoms with E-state index in [1.54, 1.807) is 5.56 Å². The summed E-state index contributed by atoms with van der Waals surface area (Å²) in [5.74, 6) is 2.56. The van der Waals surface area contributed by atoms with Crippen LogP contribution >= 0.6 is 0 Å². The minimum atomic E-state index is 0.00453. The van der Waals surface area contributed by atoms with Gasteiger partial charge in [0.05, 0.1) is 5.69 Å². The molecule has 4 fully saturated rings. The van der Waals surface area contributed by atoms with E-state index < -0.39 is 0 Å². The lowest BCUT2D eigenvalue weighted by molar-refractivity contribution is -0.00514. The number of anilines is 6. The van der Waals surface area contributed by atoms with Gasteiger partial charge < -0.3 is 9.80 Å². The maximum Gasteiger partial charge on any atom is 0.252 e. The summed E-state index contributed by atoms with van der Waals surface area (Å²) in [7, 11) is 0. The van der Waals surface area contributed by atoms with Crippen molar-refractivity contribution in [3.63, 3.8) is 0 Å². The molecular weight excluding hydrogens is 796 g/mol. The predicted octanol–water partition coefficient (Wildman–Crippen LogP) is 14.9. The van der Waals surface area contributed by atoms with Crippen molar-refractivity contribution in [3.05, 3.63) is 149 Å². The van der Waals surface area contributed by atoms with Crippen molar-refractivity contribution in [2.75, 3.05) is 9.80 Å². The first-order valence-electron chi connectivity index (χ1n) is 25.6. The number of hydrogen-bond donors (Lipinski definition) is 0. The van der Waals surface area contributed by atoms with Crippen LogP contribution in [0.5, 0.6) is 0 Å². The molecule has 2 aliphatic heterocycles. The fraction of sp³-hybridized carbons (Fsp3) is 0.429. The Morgan fingerprint density at radius 3 is 1.59 bits per heavy atom. The third-order valence-electron chi connectivity index (χ3n) is 17.4. The van der Waals surface area contributed by atoms with Crippen molar-refractivity contribution < 1.29 is 0 Å². The lowest BCUT2D eigenvalue weighted by Crippen LogP contribution is -2.62. The Kier molecular flexibility index (Phi) is 9.15. The zero-order chi connectivity index (χ0) is 45.9. The van der Waals surface area contributed by atoms with Gasteiger partial charge in [-0.1, -0.05) is 143 Å². The molecule has 7 aliphatic rings. The van der Waals surface area contributed by atoms with E-state index in [1.165, 1.54) is 128 Å². The average Bonchev–Trinajstić information content (AvgIpc) is 3.56. The van der Waals surface area contributed by atoms with Gasteiger partial charge >= 0.3 is 0 Å². The summed E-state index contributed by atoms with van der Waals surface area (Å²) in [4.78, 5) is 5.49. The number of hydrogen-bond acceptors (Lipinski definition) is 2. The Hall–Kier alpha value is -5.02. The summed E-state index contributed by atoms with van der Waals surface area (Å²) in [6.45, 7) is 26.3. The highest BCUT2D eigenvalue weighted by Crippen LogP contribution is 2.62. The first kappa shape index (κ1) is 42.3. The molecule has 0 radical (unpaired) electrons. The summed E-state index contributed by atoms with van der Waals surface area (Å²) < 4.78 is 0. The minimum Gasteiger partial charge on any atom is -0.311 e. The van der Waals surface area contributed by atoms with Gasteiger partial charge in [0, 0.05) is 34.0 Å². The van der Waals surface area contributed by atoms with Gasteiger partial charge in [-0.15, -0.1) is 0 Å². The SMILES string of the molecule is CC1(C)Cc2cc3c(cc2C1)N(c1ccc(C(C)(C)C)cc1-c1ccccc1)c1cc(C24CC5CC(CC(C5)C2)C4)cc2c1B3c1cc(C(C)(C)C)ccc1N2c1ccc(C(C)(C)C)cc1. The molecule has 4 bridgehead atoms. The van der Waals surface area contributed by atoms with Crippen molar-refractivity contribution in [2.45, 2.75) is 149 Å². The molecule has 0 unspecified atom stereocenters. The van der Waals surface area contributed by atoms with Gasteiger partial charge in [-0.05, 0) is 200 Å². The first-order valence-corrected chi connectivity index (χ1v) is 25.6. The lowest BCUT2D eigenvalue weighted by Gasteiger charge is -2.57. The third kappa shape index (κ3) is 6.70. The van der Waals surface area contributed by atoms with Crippen LogP contribution in [0, 0.1) is 23.2 Å². The van der Waals surface area contributed by atoms with Crippen LogP contribution in [0.3, 0.4) is 0 Å². The summed E-state index contributed by atoms with van der Waals surface area (Å²) in [6, 6.07) is 46.8. The molecule has 2 heterocycles. The quantitative estimate of drug-likeness (QED) is 0.163. The summed E-state index contributed by atoms with van der Waals surface area (Å²) in [6.07, 6.45) is 10.5. The molecule has 0 saturated heterocycles. The van der Waals surface area contributed by atoms with Gasteiger partial charge in [0.2, 0.25) is 0 Å². The molecule has 0 aromatic heterocycles. The molecule has 0 spiro atoms. The Bertz CT molecular complexity index is 2900. The van der Waals surface area contributed by atoms with E-state index in [-0.39, 0.29) is 33.8 Å². The maximum atomic E-state index is 2.79. The number of fused-ring (bicyclic) bond motifs is 5. The molecule has 13 rings (SSSR count). The number of nitrogens with zero attached hydrogens (tertiary/aromatic N) is 2. The smallest absolute Gasteiger partial charge is 0.252 e. The maximum absolute atomic E-state index is 2.79. The topological polar surface area (TPSA) is 6.48 Å². The van der Waals surface area contributed by atoms with E-state index in [2.05, 4.69) is 201 Å². The van der Waals surface area contributed by atoms with Crippen molar-refractivity contribution in [2.24, 2.45) is 23.2 Å². The summed E-state index contributed by atoms with van der Waals surface area (Å²) in [5.41, 5.74) is 24.2. The zero-order valence-electron chi connectivity index (χ0n) is 41.8. The Morgan fingerprint density at radius 2 is 1.00 bits per heavy atom. The van der Waals surface area contributed by atoms with Crippen LogP contribution < -0.4 is 26.2 Å².